The van der Waals surface area contributed by atoms with E-state index in [0.29, 0.717) is 25.7 Å². The molecule has 0 aromatic rings. The second-order valence-corrected chi connectivity index (χ2v) is 5.83. The van der Waals surface area contributed by atoms with Crippen molar-refractivity contribution >= 4 is 5.91 Å². The number of nitrogens with one attached hydrogen (secondary N) is 1. The molecular weight excluding hydrogens is 259 g/mol. The van der Waals surface area contributed by atoms with Gasteiger partial charge in [-0.2, -0.15) is 13.2 Å². The first-order chi connectivity index (χ1) is 8.82. The van der Waals surface area contributed by atoms with Crippen molar-refractivity contribution in [3.05, 3.63) is 0 Å². The topological polar surface area (TPSA) is 49.3 Å². The third-order valence-electron chi connectivity index (χ3n) is 4.40. The largest absolute Gasteiger partial charge is 0.392 e. The standard InChI is InChI=1S/C13H20F3NO2/c14-13(15,16)10-5-2-1-4-9(10)11(18)17-8-12(19)6-3-7-12/h9-10,19H,1-8H2,(H,17,18). The molecular formula is C13H20F3NO2. The van der Waals surface area contributed by atoms with E-state index < -0.39 is 29.5 Å². The zero-order valence-corrected chi connectivity index (χ0v) is 10.8. The van der Waals surface area contributed by atoms with Crippen LogP contribution in [0.15, 0.2) is 0 Å². The van der Waals surface area contributed by atoms with E-state index in [2.05, 4.69) is 5.32 Å². The minimum absolute atomic E-state index is 0.0336. The Morgan fingerprint density at radius 2 is 1.84 bits per heavy atom. The highest BCUT2D eigenvalue weighted by molar-refractivity contribution is 5.79. The lowest BCUT2D eigenvalue weighted by molar-refractivity contribution is -0.198. The summed E-state index contributed by atoms with van der Waals surface area (Å²) in [7, 11) is 0. The van der Waals surface area contributed by atoms with Gasteiger partial charge in [0.05, 0.1) is 11.5 Å². The highest BCUT2D eigenvalue weighted by atomic mass is 19.4. The minimum atomic E-state index is -4.31. The Morgan fingerprint density at radius 1 is 1.21 bits per heavy atom. The Balaban J connectivity index is 1.92. The second kappa shape index (κ2) is 5.31. The van der Waals surface area contributed by atoms with Gasteiger partial charge < -0.3 is 10.4 Å². The molecule has 6 heteroatoms. The highest BCUT2D eigenvalue weighted by Crippen LogP contribution is 2.41. The fourth-order valence-electron chi connectivity index (χ4n) is 2.98. The van der Waals surface area contributed by atoms with Crippen LogP contribution in [0.3, 0.4) is 0 Å². The lowest BCUT2D eigenvalue weighted by Gasteiger charge is -2.38. The first-order valence-corrected chi connectivity index (χ1v) is 6.89. The summed E-state index contributed by atoms with van der Waals surface area (Å²) in [4.78, 5) is 11.9. The molecule has 1 amide bonds. The van der Waals surface area contributed by atoms with E-state index in [1.54, 1.807) is 0 Å². The van der Waals surface area contributed by atoms with E-state index in [1.807, 2.05) is 0 Å². The van der Waals surface area contributed by atoms with E-state index in [1.165, 1.54) is 0 Å². The molecule has 2 aliphatic rings. The molecule has 2 unspecified atom stereocenters. The molecule has 2 N–H and O–H groups in total. The van der Waals surface area contributed by atoms with Gasteiger partial charge >= 0.3 is 6.18 Å². The molecule has 2 aliphatic carbocycles. The van der Waals surface area contributed by atoms with Crippen molar-refractivity contribution < 1.29 is 23.1 Å². The monoisotopic (exact) mass is 279 g/mol. The number of carbonyl (C=O) groups is 1. The van der Waals surface area contributed by atoms with Gasteiger partial charge in [0.15, 0.2) is 0 Å². The maximum atomic E-state index is 12.9. The van der Waals surface area contributed by atoms with Gasteiger partial charge in [-0.25, -0.2) is 0 Å². The molecule has 0 saturated heterocycles. The predicted octanol–water partition coefficient (Wildman–Crippen LogP) is 2.39. The van der Waals surface area contributed by atoms with Crippen LogP contribution in [0.2, 0.25) is 0 Å². The summed E-state index contributed by atoms with van der Waals surface area (Å²) in [5.74, 6) is -3.07. The number of amides is 1. The van der Waals surface area contributed by atoms with Gasteiger partial charge in [-0.1, -0.05) is 12.8 Å². The zero-order valence-electron chi connectivity index (χ0n) is 10.8. The molecule has 2 fully saturated rings. The van der Waals surface area contributed by atoms with Crippen molar-refractivity contribution in [1.29, 1.82) is 0 Å². The Labute approximate surface area is 110 Å². The maximum absolute atomic E-state index is 12.9. The third kappa shape index (κ3) is 3.41. The fraction of sp³-hybridized carbons (Fsp3) is 0.923. The lowest BCUT2D eigenvalue weighted by atomic mass is 9.77. The molecule has 19 heavy (non-hydrogen) atoms. The number of alkyl halides is 3. The lowest BCUT2D eigenvalue weighted by Crippen LogP contribution is -2.51. The van der Waals surface area contributed by atoms with Crippen LogP contribution in [0.25, 0.3) is 0 Å². The summed E-state index contributed by atoms with van der Waals surface area (Å²) in [6, 6.07) is 0. The van der Waals surface area contributed by atoms with Crippen LogP contribution >= 0.6 is 0 Å². The van der Waals surface area contributed by atoms with Crippen molar-refractivity contribution in [1.82, 2.24) is 5.32 Å². The molecule has 0 spiro atoms. The zero-order chi connectivity index (χ0) is 14.1. The number of hydrogen-bond donors (Lipinski definition) is 2. The number of hydrogen-bond acceptors (Lipinski definition) is 2. The van der Waals surface area contributed by atoms with Gasteiger partial charge in [-0.05, 0) is 32.1 Å². The molecule has 2 saturated carbocycles. The number of aliphatic hydroxyl groups is 1. The van der Waals surface area contributed by atoms with Crippen molar-refractivity contribution in [2.45, 2.75) is 56.7 Å². The summed E-state index contributed by atoms with van der Waals surface area (Å²) in [5, 5.41) is 12.4. The number of carbonyl (C=O) groups excluding carboxylic acids is 1. The Hall–Kier alpha value is -0.780. The molecule has 2 atom stereocenters. The smallest absolute Gasteiger partial charge is 0.388 e. The van der Waals surface area contributed by atoms with E-state index in [9.17, 15) is 23.1 Å². The van der Waals surface area contributed by atoms with E-state index in [-0.39, 0.29) is 19.4 Å². The molecule has 2 rings (SSSR count). The predicted molar refractivity (Wildman–Crippen MR) is 63.3 cm³/mol. The van der Waals surface area contributed by atoms with Crippen LogP contribution in [-0.4, -0.2) is 29.3 Å². The average Bonchev–Trinajstić information content (AvgIpc) is 2.32. The summed E-state index contributed by atoms with van der Waals surface area (Å²) < 4.78 is 38.6. The molecule has 110 valence electrons. The van der Waals surface area contributed by atoms with Gasteiger partial charge in [-0.3, -0.25) is 4.79 Å². The molecule has 0 aliphatic heterocycles. The third-order valence-corrected chi connectivity index (χ3v) is 4.40. The van der Waals surface area contributed by atoms with E-state index >= 15 is 0 Å². The van der Waals surface area contributed by atoms with Gasteiger partial charge in [-0.15, -0.1) is 0 Å². The second-order valence-electron chi connectivity index (χ2n) is 5.83. The summed E-state index contributed by atoms with van der Waals surface area (Å²) in [5.41, 5.74) is -0.891. The van der Waals surface area contributed by atoms with Crippen LogP contribution in [0.4, 0.5) is 13.2 Å². The van der Waals surface area contributed by atoms with E-state index in [4.69, 9.17) is 0 Å². The van der Waals surface area contributed by atoms with Crippen molar-refractivity contribution in [3.63, 3.8) is 0 Å². The molecule has 0 radical (unpaired) electrons. The number of halogens is 3. The number of rotatable bonds is 3. The molecule has 0 heterocycles. The first-order valence-electron chi connectivity index (χ1n) is 6.89. The summed E-state index contributed by atoms with van der Waals surface area (Å²) in [6.07, 6.45) is -0.675. The van der Waals surface area contributed by atoms with Crippen LogP contribution in [-0.2, 0) is 4.79 Å². The molecule has 3 nitrogen and oxygen atoms in total. The average molecular weight is 279 g/mol. The summed E-state index contributed by atoms with van der Waals surface area (Å²) in [6.45, 7) is 0.0763. The fourth-order valence-corrected chi connectivity index (χ4v) is 2.98. The van der Waals surface area contributed by atoms with E-state index in [0.717, 1.165) is 6.42 Å². The SMILES string of the molecule is O=C(NCC1(O)CCC1)C1CCCCC1C(F)(F)F. The first kappa shape index (κ1) is 14.6. The molecule has 0 aromatic heterocycles. The molecule has 0 bridgehead atoms. The molecule has 0 aromatic carbocycles. The maximum Gasteiger partial charge on any atom is 0.392 e. The van der Waals surface area contributed by atoms with Crippen LogP contribution < -0.4 is 5.32 Å². The van der Waals surface area contributed by atoms with Crippen molar-refractivity contribution in [3.8, 4) is 0 Å². The normalized spacial score (nSPS) is 30.5. The Kier molecular flexibility index (Phi) is 4.08. The van der Waals surface area contributed by atoms with Gasteiger partial charge in [0.1, 0.15) is 0 Å². The summed E-state index contributed by atoms with van der Waals surface area (Å²) >= 11 is 0. The highest BCUT2D eigenvalue weighted by Gasteiger charge is 2.48. The van der Waals surface area contributed by atoms with Crippen LogP contribution in [0.5, 0.6) is 0 Å². The van der Waals surface area contributed by atoms with Crippen LogP contribution in [0.1, 0.15) is 44.9 Å². The van der Waals surface area contributed by atoms with Gasteiger partial charge in [0, 0.05) is 12.5 Å². The minimum Gasteiger partial charge on any atom is -0.388 e. The van der Waals surface area contributed by atoms with Crippen molar-refractivity contribution in [2.75, 3.05) is 6.54 Å². The Morgan fingerprint density at radius 3 is 2.37 bits per heavy atom. The van der Waals surface area contributed by atoms with Crippen LogP contribution in [0, 0.1) is 11.8 Å². The van der Waals surface area contributed by atoms with Gasteiger partial charge in [0.25, 0.3) is 0 Å². The van der Waals surface area contributed by atoms with Gasteiger partial charge in [0.2, 0.25) is 5.91 Å². The van der Waals surface area contributed by atoms with Crippen molar-refractivity contribution in [2.24, 2.45) is 11.8 Å². The Bertz CT molecular complexity index is 339. The quantitative estimate of drug-likeness (QED) is 0.833.